The molecular weight excluding hydrogens is 683 g/mol. The average molecular weight is 705 g/mol. The Kier molecular flexibility index (Phi) is 11.6. The lowest BCUT2D eigenvalue weighted by molar-refractivity contribution is -0.670. The molecule has 250 valence electrons. The van der Waals surface area contributed by atoms with Crippen molar-refractivity contribution in [3.05, 3.63) is 94.6 Å². The number of hydrogen-bond acceptors (Lipinski definition) is 5. The lowest BCUT2D eigenvalue weighted by atomic mass is 10.1. The normalized spacial score (nSPS) is 12.2. The number of fused-ring (bicyclic) bond motifs is 1. The molecule has 1 aromatic heterocycles. The monoisotopic (exact) mass is 704 g/mol. The van der Waals surface area contributed by atoms with Gasteiger partial charge in [-0.3, -0.25) is 0 Å². The number of hydrogen-bond donors (Lipinski definition) is 1. The van der Waals surface area contributed by atoms with Gasteiger partial charge in [0.2, 0.25) is 0 Å². The van der Waals surface area contributed by atoms with Gasteiger partial charge in [0.1, 0.15) is 29.9 Å². The van der Waals surface area contributed by atoms with Crippen LogP contribution in [0.25, 0.3) is 10.9 Å². The number of ether oxygens (including phenoxy) is 1. The molecular formula is C28H22ClF9N2O5S. The number of aliphatic carboxylic acids is 1. The van der Waals surface area contributed by atoms with Crippen molar-refractivity contribution in [1.29, 1.82) is 0 Å². The summed E-state index contributed by atoms with van der Waals surface area (Å²) in [5.74, 6) is -8.66. The number of nitrogens with two attached hydrogens (primary N) is 1. The third-order valence-corrected chi connectivity index (χ3v) is 8.10. The number of carbonyl (C=O) groups is 1. The van der Waals surface area contributed by atoms with Gasteiger partial charge in [-0.05, 0) is 54.1 Å². The molecule has 3 aromatic carbocycles. The first-order valence-electron chi connectivity index (χ1n) is 12.8. The summed E-state index contributed by atoms with van der Waals surface area (Å²) >= 11 is 5.77. The SMILES string of the molecule is O=C([O-])C(F)(F)F.O=S(=O)(c1ccc(F)c(Cl)c1)n1cc(CC[NH2+]Cc2cccc(OCC(F)(F)C(F)F)c2)c2ccc(F)cc21. The van der Waals surface area contributed by atoms with E-state index < -0.39 is 52.8 Å². The minimum Gasteiger partial charge on any atom is -0.542 e. The van der Waals surface area contributed by atoms with Gasteiger partial charge in [-0.1, -0.05) is 23.7 Å². The van der Waals surface area contributed by atoms with Crippen LogP contribution in [0.5, 0.6) is 5.75 Å². The zero-order valence-corrected chi connectivity index (χ0v) is 24.6. The Bertz CT molecular complexity index is 1800. The van der Waals surface area contributed by atoms with Crippen molar-refractivity contribution in [2.24, 2.45) is 0 Å². The Morgan fingerprint density at radius 2 is 1.67 bits per heavy atom. The molecule has 2 N–H and O–H groups in total. The van der Waals surface area contributed by atoms with Crippen LogP contribution in [0.4, 0.5) is 39.5 Å². The van der Waals surface area contributed by atoms with Crippen LogP contribution in [-0.2, 0) is 27.8 Å². The molecule has 0 aliphatic rings. The Labute approximate surface area is 260 Å². The first-order valence-corrected chi connectivity index (χ1v) is 14.6. The third kappa shape index (κ3) is 9.29. The van der Waals surface area contributed by atoms with E-state index in [4.69, 9.17) is 26.2 Å². The number of rotatable bonds is 11. The summed E-state index contributed by atoms with van der Waals surface area (Å²) in [5, 5.41) is 10.8. The highest BCUT2D eigenvalue weighted by atomic mass is 35.5. The Balaban J connectivity index is 0.000000738. The molecule has 0 aliphatic heterocycles. The predicted molar refractivity (Wildman–Crippen MR) is 144 cm³/mol. The summed E-state index contributed by atoms with van der Waals surface area (Å²) in [6, 6.07) is 12.9. The van der Waals surface area contributed by atoms with Crippen LogP contribution in [-0.4, -0.2) is 50.0 Å². The molecule has 1 heterocycles. The van der Waals surface area contributed by atoms with Crippen LogP contribution in [0.3, 0.4) is 0 Å². The Morgan fingerprint density at radius 3 is 2.28 bits per heavy atom. The minimum atomic E-state index is -5.19. The number of benzene rings is 3. The fourth-order valence-electron chi connectivity index (χ4n) is 3.92. The van der Waals surface area contributed by atoms with E-state index in [-0.39, 0.29) is 21.2 Å². The van der Waals surface area contributed by atoms with Crippen LogP contribution in [0, 0.1) is 11.6 Å². The molecule has 18 heteroatoms. The van der Waals surface area contributed by atoms with E-state index in [1.807, 2.05) is 5.32 Å². The van der Waals surface area contributed by atoms with Crippen molar-refractivity contribution in [1.82, 2.24) is 3.97 Å². The summed E-state index contributed by atoms with van der Waals surface area (Å²) in [6.45, 7) is -0.592. The van der Waals surface area contributed by atoms with Gasteiger partial charge in [0, 0.05) is 23.6 Å². The third-order valence-electron chi connectivity index (χ3n) is 6.14. The van der Waals surface area contributed by atoms with Crippen molar-refractivity contribution >= 4 is 38.5 Å². The van der Waals surface area contributed by atoms with Gasteiger partial charge < -0.3 is 20.0 Å². The summed E-state index contributed by atoms with van der Waals surface area (Å²) < 4.78 is 142. The first-order chi connectivity index (χ1) is 21.3. The molecule has 46 heavy (non-hydrogen) atoms. The average Bonchev–Trinajstić information content (AvgIpc) is 3.34. The molecule has 0 spiro atoms. The predicted octanol–water partition coefficient (Wildman–Crippen LogP) is 4.69. The maximum absolute atomic E-state index is 14.0. The van der Waals surface area contributed by atoms with Gasteiger partial charge in [-0.15, -0.1) is 0 Å². The van der Waals surface area contributed by atoms with E-state index in [1.54, 1.807) is 12.1 Å². The fourth-order valence-corrected chi connectivity index (χ4v) is 5.57. The second-order valence-corrected chi connectivity index (χ2v) is 11.7. The second-order valence-electron chi connectivity index (χ2n) is 9.51. The highest BCUT2D eigenvalue weighted by molar-refractivity contribution is 7.90. The molecule has 0 unspecified atom stereocenters. The quantitative estimate of drug-likeness (QED) is 0.180. The smallest absolute Gasteiger partial charge is 0.430 e. The number of carbonyl (C=O) groups excluding carboxylic acids is 1. The largest absolute Gasteiger partial charge is 0.542 e. The van der Waals surface area contributed by atoms with Crippen LogP contribution < -0.4 is 15.2 Å². The number of quaternary nitrogens is 1. The maximum Gasteiger partial charge on any atom is 0.430 e. The van der Waals surface area contributed by atoms with Crippen LogP contribution in [0.2, 0.25) is 5.02 Å². The van der Waals surface area contributed by atoms with Gasteiger partial charge in [0.05, 0.1) is 22.0 Å². The Morgan fingerprint density at radius 1 is 1.00 bits per heavy atom. The number of halogens is 10. The molecule has 0 saturated carbocycles. The molecule has 0 atom stereocenters. The fraction of sp³-hybridized carbons (Fsp3) is 0.250. The number of carboxylic acids is 1. The van der Waals surface area contributed by atoms with Gasteiger partial charge in [0.15, 0.2) is 6.61 Å². The zero-order chi connectivity index (χ0) is 34.4. The van der Waals surface area contributed by atoms with E-state index in [0.29, 0.717) is 36.0 Å². The summed E-state index contributed by atoms with van der Waals surface area (Å²) in [7, 11) is -4.23. The highest BCUT2D eigenvalue weighted by Crippen LogP contribution is 2.29. The molecule has 4 aromatic rings. The summed E-state index contributed by atoms with van der Waals surface area (Å²) in [4.78, 5) is 8.52. The van der Waals surface area contributed by atoms with Gasteiger partial charge in [-0.25, -0.2) is 30.0 Å². The van der Waals surface area contributed by atoms with Crippen molar-refractivity contribution in [2.45, 2.75) is 36.4 Å². The van der Waals surface area contributed by atoms with Crippen molar-refractivity contribution in [2.75, 3.05) is 13.2 Å². The summed E-state index contributed by atoms with van der Waals surface area (Å²) in [6.07, 6.45) is -7.27. The van der Waals surface area contributed by atoms with E-state index in [9.17, 15) is 47.9 Å². The van der Waals surface area contributed by atoms with Crippen LogP contribution >= 0.6 is 11.6 Å². The van der Waals surface area contributed by atoms with Gasteiger partial charge in [-0.2, -0.15) is 22.0 Å². The summed E-state index contributed by atoms with van der Waals surface area (Å²) in [5.41, 5.74) is 1.41. The Hall–Kier alpha value is -3.96. The molecule has 0 fully saturated rings. The topological polar surface area (TPSA) is 105 Å². The van der Waals surface area contributed by atoms with Gasteiger partial charge in [0.25, 0.3) is 10.0 Å². The standard InChI is InChI=1S/C26H21ClF6N2O3S.C2HF3O2/c27-22-12-20(5-7-23(22)29)39(36,37)35-14-17(21-6-4-18(28)11-24(21)35)8-9-34-13-16-2-1-3-19(10-16)38-15-26(32,33)25(30)31;3-2(4,5)1(6)7/h1-7,10-12,14,25,34H,8-9,13,15H2;(H,6,7). The van der Waals surface area contributed by atoms with Crippen LogP contribution in [0.1, 0.15) is 11.1 Å². The van der Waals surface area contributed by atoms with E-state index in [2.05, 4.69) is 0 Å². The molecule has 0 radical (unpaired) electrons. The first kappa shape index (κ1) is 36.5. The van der Waals surface area contributed by atoms with Crippen molar-refractivity contribution < 1.29 is 67.9 Å². The van der Waals surface area contributed by atoms with E-state index >= 15 is 0 Å². The number of alkyl halides is 7. The van der Waals surface area contributed by atoms with E-state index in [1.165, 1.54) is 30.5 Å². The maximum atomic E-state index is 14.0. The lowest BCUT2D eigenvalue weighted by Gasteiger charge is -2.16. The number of carboxylic acid groups (broad SMARTS) is 1. The molecule has 0 bridgehead atoms. The molecule has 0 aliphatic carbocycles. The molecule has 0 saturated heterocycles. The van der Waals surface area contributed by atoms with Crippen LogP contribution in [0.15, 0.2) is 71.8 Å². The van der Waals surface area contributed by atoms with E-state index in [0.717, 1.165) is 28.2 Å². The highest BCUT2D eigenvalue weighted by Gasteiger charge is 2.41. The molecule has 7 nitrogen and oxygen atoms in total. The van der Waals surface area contributed by atoms with Crippen molar-refractivity contribution in [3.8, 4) is 5.75 Å². The van der Waals surface area contributed by atoms with Crippen molar-refractivity contribution in [3.63, 3.8) is 0 Å². The minimum absolute atomic E-state index is 0.0254. The number of aromatic nitrogens is 1. The second kappa shape index (κ2) is 14.6. The van der Waals surface area contributed by atoms with Gasteiger partial charge >= 0.3 is 18.5 Å². The molecule has 0 amide bonds. The molecule has 4 rings (SSSR count). The number of nitrogens with zero attached hydrogens (tertiary/aromatic N) is 1. The zero-order valence-electron chi connectivity index (χ0n) is 23.0. The lowest BCUT2D eigenvalue weighted by Crippen LogP contribution is -2.83.